The van der Waals surface area contributed by atoms with Crippen LogP contribution in [0.3, 0.4) is 0 Å². The van der Waals surface area contributed by atoms with Crippen LogP contribution in [0.2, 0.25) is 0 Å². The highest BCUT2D eigenvalue weighted by Crippen LogP contribution is 2.14. The highest BCUT2D eigenvalue weighted by molar-refractivity contribution is 5.85. The second kappa shape index (κ2) is 5.24. The Morgan fingerprint density at radius 3 is 2.28 bits per heavy atom. The molecule has 0 unspecified atom stereocenters. The van der Waals surface area contributed by atoms with Crippen LogP contribution in [-0.2, 0) is 9.59 Å². The molecule has 0 aromatic heterocycles. The van der Waals surface area contributed by atoms with Gasteiger partial charge in [0.1, 0.15) is 0 Å². The van der Waals surface area contributed by atoms with Gasteiger partial charge in [-0.05, 0) is 20.8 Å². The van der Waals surface area contributed by atoms with E-state index in [0.717, 1.165) is 0 Å². The zero-order valence-corrected chi connectivity index (χ0v) is 10.8. The molecule has 18 heavy (non-hydrogen) atoms. The fourth-order valence-corrected chi connectivity index (χ4v) is 1.53. The Hall–Kier alpha value is -1.79. The molecule has 0 aromatic carbocycles. The molecule has 0 radical (unpaired) electrons. The molecule has 3 amide bonds. The van der Waals surface area contributed by atoms with Gasteiger partial charge in [0.05, 0.1) is 12.5 Å². The fraction of sp³-hybridized carbons (Fsp3) is 0.727. The molecule has 0 saturated carbocycles. The van der Waals surface area contributed by atoms with Crippen molar-refractivity contribution in [3.8, 4) is 0 Å². The van der Waals surface area contributed by atoms with Crippen molar-refractivity contribution in [2.24, 2.45) is 5.92 Å². The van der Waals surface area contributed by atoms with Crippen LogP contribution < -0.4 is 10.6 Å². The van der Waals surface area contributed by atoms with Crippen molar-refractivity contribution in [3.63, 3.8) is 0 Å². The van der Waals surface area contributed by atoms with E-state index in [1.165, 1.54) is 4.90 Å². The first kappa shape index (κ1) is 14.3. The third-order valence-corrected chi connectivity index (χ3v) is 2.43. The molecule has 1 fully saturated rings. The second-order valence-corrected chi connectivity index (χ2v) is 5.40. The normalized spacial score (nSPS) is 15.8. The Bertz CT molecular complexity index is 356. The number of aliphatic carboxylic acids is 1. The second-order valence-electron chi connectivity index (χ2n) is 5.40. The number of carboxylic acids is 1. The first-order valence-corrected chi connectivity index (χ1v) is 5.75. The van der Waals surface area contributed by atoms with Crippen LogP contribution in [0.15, 0.2) is 0 Å². The van der Waals surface area contributed by atoms with Crippen LogP contribution in [0.1, 0.15) is 20.8 Å². The van der Waals surface area contributed by atoms with Gasteiger partial charge >= 0.3 is 12.0 Å². The highest BCUT2D eigenvalue weighted by Gasteiger charge is 2.35. The van der Waals surface area contributed by atoms with E-state index < -0.39 is 17.9 Å². The summed E-state index contributed by atoms with van der Waals surface area (Å²) in [5.41, 5.74) is -0.340. The number of rotatable bonds is 3. The molecular formula is C11H19N3O4. The highest BCUT2D eigenvalue weighted by atomic mass is 16.4. The summed E-state index contributed by atoms with van der Waals surface area (Å²) in [5, 5.41) is 13.8. The van der Waals surface area contributed by atoms with Crippen molar-refractivity contribution in [3.05, 3.63) is 0 Å². The van der Waals surface area contributed by atoms with Crippen molar-refractivity contribution in [1.29, 1.82) is 0 Å². The molecule has 1 aliphatic heterocycles. The summed E-state index contributed by atoms with van der Waals surface area (Å²) in [6.45, 7) is 5.83. The SMILES string of the molecule is CC(C)(C)NC(=O)CNC(=O)N1CC(C(=O)O)C1. The molecule has 1 aliphatic rings. The summed E-state index contributed by atoms with van der Waals surface area (Å²) in [4.78, 5) is 34.8. The van der Waals surface area contributed by atoms with Gasteiger partial charge in [-0.3, -0.25) is 9.59 Å². The number of nitrogens with zero attached hydrogens (tertiary/aromatic N) is 1. The van der Waals surface area contributed by atoms with Gasteiger partial charge in [-0.15, -0.1) is 0 Å². The molecule has 3 N–H and O–H groups in total. The topological polar surface area (TPSA) is 98.7 Å². The van der Waals surface area contributed by atoms with Gasteiger partial charge in [-0.1, -0.05) is 0 Å². The van der Waals surface area contributed by atoms with E-state index in [1.54, 1.807) is 0 Å². The summed E-state index contributed by atoms with van der Waals surface area (Å²) >= 11 is 0. The van der Waals surface area contributed by atoms with Gasteiger partial charge in [0, 0.05) is 18.6 Å². The molecule has 0 spiro atoms. The van der Waals surface area contributed by atoms with Gasteiger partial charge < -0.3 is 20.6 Å². The number of hydrogen-bond donors (Lipinski definition) is 3. The summed E-state index contributed by atoms with van der Waals surface area (Å²) < 4.78 is 0. The van der Waals surface area contributed by atoms with Crippen LogP contribution in [0.4, 0.5) is 4.79 Å². The average molecular weight is 257 g/mol. The van der Waals surface area contributed by atoms with E-state index in [-0.39, 0.29) is 31.1 Å². The van der Waals surface area contributed by atoms with Gasteiger partial charge in [0.15, 0.2) is 0 Å². The lowest BCUT2D eigenvalue weighted by atomic mass is 10.0. The summed E-state index contributed by atoms with van der Waals surface area (Å²) in [6, 6.07) is -0.406. The van der Waals surface area contributed by atoms with Gasteiger partial charge in [-0.25, -0.2) is 4.79 Å². The van der Waals surface area contributed by atoms with Crippen LogP contribution in [0.5, 0.6) is 0 Å². The maximum Gasteiger partial charge on any atom is 0.317 e. The monoisotopic (exact) mass is 257 g/mol. The third kappa shape index (κ3) is 4.23. The van der Waals surface area contributed by atoms with E-state index in [0.29, 0.717) is 0 Å². The number of carbonyl (C=O) groups is 3. The molecule has 0 aliphatic carbocycles. The summed E-state index contributed by atoms with van der Waals surface area (Å²) in [5.74, 6) is -1.66. The maximum atomic E-state index is 11.5. The lowest BCUT2D eigenvalue weighted by molar-refractivity contribution is -0.146. The Balaban J connectivity index is 2.23. The van der Waals surface area contributed by atoms with Crippen LogP contribution in [-0.4, -0.2) is 53.1 Å². The largest absolute Gasteiger partial charge is 0.481 e. The average Bonchev–Trinajstić information content (AvgIpc) is 2.08. The van der Waals surface area contributed by atoms with Crippen LogP contribution in [0, 0.1) is 5.92 Å². The third-order valence-electron chi connectivity index (χ3n) is 2.43. The first-order valence-electron chi connectivity index (χ1n) is 5.75. The Labute approximate surface area is 106 Å². The number of amides is 3. The zero-order chi connectivity index (χ0) is 13.9. The maximum absolute atomic E-state index is 11.5. The van der Waals surface area contributed by atoms with Crippen molar-refractivity contribution >= 4 is 17.9 Å². The number of nitrogens with one attached hydrogen (secondary N) is 2. The van der Waals surface area contributed by atoms with Crippen LogP contribution >= 0.6 is 0 Å². The number of likely N-dealkylation sites (tertiary alicyclic amines) is 1. The van der Waals surface area contributed by atoms with E-state index in [2.05, 4.69) is 10.6 Å². The Morgan fingerprint density at radius 1 is 1.28 bits per heavy atom. The van der Waals surface area contributed by atoms with E-state index in [9.17, 15) is 14.4 Å². The quantitative estimate of drug-likeness (QED) is 0.642. The number of hydrogen-bond acceptors (Lipinski definition) is 3. The summed E-state index contributed by atoms with van der Waals surface area (Å²) in [7, 11) is 0. The minimum absolute atomic E-state index is 0.107. The predicted octanol–water partition coefficient (Wildman–Crippen LogP) is -0.373. The lowest BCUT2D eigenvalue weighted by Gasteiger charge is -2.36. The minimum atomic E-state index is -0.899. The molecule has 0 atom stereocenters. The van der Waals surface area contributed by atoms with E-state index >= 15 is 0 Å². The summed E-state index contributed by atoms with van der Waals surface area (Å²) in [6.07, 6.45) is 0. The van der Waals surface area contributed by atoms with Gasteiger partial charge in [0.25, 0.3) is 0 Å². The molecule has 102 valence electrons. The number of carbonyl (C=O) groups excluding carboxylic acids is 2. The molecule has 1 saturated heterocycles. The van der Waals surface area contributed by atoms with Crippen molar-refractivity contribution < 1.29 is 19.5 Å². The molecule has 1 rings (SSSR count). The predicted molar refractivity (Wildman–Crippen MR) is 64.0 cm³/mol. The molecule has 7 heteroatoms. The van der Waals surface area contributed by atoms with Gasteiger partial charge in [0.2, 0.25) is 5.91 Å². The molecule has 7 nitrogen and oxygen atoms in total. The van der Waals surface area contributed by atoms with Gasteiger partial charge in [-0.2, -0.15) is 0 Å². The van der Waals surface area contributed by atoms with E-state index in [4.69, 9.17) is 5.11 Å². The smallest absolute Gasteiger partial charge is 0.317 e. The Morgan fingerprint density at radius 2 is 1.83 bits per heavy atom. The first-order chi connectivity index (χ1) is 8.19. The Kier molecular flexibility index (Phi) is 4.15. The standard InChI is InChI=1S/C11H19N3O4/c1-11(2,3)13-8(15)4-12-10(18)14-5-7(6-14)9(16)17/h7H,4-6H2,1-3H3,(H,12,18)(H,13,15)(H,16,17). The van der Waals surface area contributed by atoms with Crippen molar-refractivity contribution in [2.45, 2.75) is 26.3 Å². The minimum Gasteiger partial charge on any atom is -0.481 e. The molecule has 0 aromatic rings. The van der Waals surface area contributed by atoms with Crippen molar-refractivity contribution in [2.75, 3.05) is 19.6 Å². The molecular weight excluding hydrogens is 238 g/mol. The fourth-order valence-electron chi connectivity index (χ4n) is 1.53. The van der Waals surface area contributed by atoms with Crippen molar-refractivity contribution in [1.82, 2.24) is 15.5 Å². The lowest BCUT2D eigenvalue weighted by Crippen LogP contribution is -2.57. The number of carboxylic acid groups (broad SMARTS) is 1. The number of urea groups is 1. The van der Waals surface area contributed by atoms with E-state index in [1.807, 2.05) is 20.8 Å². The zero-order valence-electron chi connectivity index (χ0n) is 10.8. The molecule has 0 bridgehead atoms. The van der Waals surface area contributed by atoms with Crippen LogP contribution in [0.25, 0.3) is 0 Å². The molecule has 1 heterocycles.